The van der Waals surface area contributed by atoms with E-state index in [2.05, 4.69) is 5.32 Å². The molecule has 0 saturated heterocycles. The smallest absolute Gasteiger partial charge is 0.268 e. The fourth-order valence-corrected chi connectivity index (χ4v) is 0.538. The van der Waals surface area contributed by atoms with Gasteiger partial charge in [0.15, 0.2) is 0 Å². The Morgan fingerprint density at radius 3 is 2.17 bits per heavy atom. The van der Waals surface area contributed by atoms with Gasteiger partial charge in [-0.05, 0) is 0 Å². The molecule has 0 spiro atoms. The summed E-state index contributed by atoms with van der Waals surface area (Å²) in [5, 5.41) is 11.0. The van der Waals surface area contributed by atoms with E-state index in [-0.39, 0.29) is 18.1 Å². The van der Waals surface area contributed by atoms with Gasteiger partial charge in [-0.2, -0.15) is 0 Å². The largest absolute Gasteiger partial charge is 0.384 e. The molecule has 0 aliphatic heterocycles. The second-order valence-corrected chi connectivity index (χ2v) is 2.14. The van der Waals surface area contributed by atoms with Crippen LogP contribution in [-0.2, 0) is 4.79 Å². The van der Waals surface area contributed by atoms with Crippen LogP contribution in [0.25, 0.3) is 0 Å². The number of hydrogen-bond donors (Lipinski definition) is 6. The Labute approximate surface area is 69.4 Å². The number of nitrogens with two attached hydrogens (primary N) is 4. The number of carbonyl (C=O) groups is 1. The third kappa shape index (κ3) is 3.64. The molecule has 0 aliphatic rings. The molecule has 0 aliphatic carbocycles. The van der Waals surface area contributed by atoms with Gasteiger partial charge in [0.05, 0.1) is 6.54 Å². The number of hydrogen-bond acceptors (Lipinski definition) is 6. The molecule has 0 saturated carbocycles. The number of amides is 1. The van der Waals surface area contributed by atoms with Crippen LogP contribution in [0.5, 0.6) is 0 Å². The van der Waals surface area contributed by atoms with Crippen molar-refractivity contribution in [3.05, 3.63) is 11.5 Å². The highest BCUT2D eigenvalue weighted by atomic mass is 16.3. The molecule has 0 aromatic rings. The Hall–Kier alpha value is -1.47. The average Bonchev–Trinajstić information content (AvgIpc) is 1.84. The van der Waals surface area contributed by atoms with Crippen LogP contribution in [0, 0.1) is 0 Å². The van der Waals surface area contributed by atoms with Crippen LogP contribution in [0.4, 0.5) is 0 Å². The lowest BCUT2D eigenvalue weighted by Crippen LogP contribution is -2.39. The van der Waals surface area contributed by atoms with Crippen LogP contribution >= 0.6 is 0 Å². The van der Waals surface area contributed by atoms with E-state index in [0.717, 1.165) is 0 Å². The van der Waals surface area contributed by atoms with E-state index in [1.54, 1.807) is 0 Å². The molecule has 1 atom stereocenters. The van der Waals surface area contributed by atoms with Crippen molar-refractivity contribution < 1.29 is 9.90 Å². The maximum Gasteiger partial charge on any atom is 0.268 e. The van der Waals surface area contributed by atoms with Gasteiger partial charge in [-0.1, -0.05) is 0 Å². The van der Waals surface area contributed by atoms with E-state index in [4.69, 9.17) is 28.0 Å². The molecular weight excluding hydrogens is 162 g/mol. The van der Waals surface area contributed by atoms with Gasteiger partial charge in [0.2, 0.25) is 0 Å². The zero-order valence-corrected chi connectivity index (χ0v) is 6.45. The van der Waals surface area contributed by atoms with E-state index in [0.29, 0.717) is 0 Å². The molecule has 0 fully saturated rings. The first-order valence-electron chi connectivity index (χ1n) is 3.17. The summed E-state index contributed by atoms with van der Waals surface area (Å²) in [6, 6.07) is 0. The quantitative estimate of drug-likeness (QED) is 0.192. The summed E-state index contributed by atoms with van der Waals surface area (Å²) in [4.78, 5) is 10.6. The normalized spacial score (nSPS) is 11.8. The summed E-state index contributed by atoms with van der Waals surface area (Å²) < 4.78 is 0. The van der Waals surface area contributed by atoms with Crippen molar-refractivity contribution in [2.75, 3.05) is 6.54 Å². The zero-order valence-electron chi connectivity index (χ0n) is 6.45. The fraction of sp³-hybridized carbons (Fsp3) is 0.400. The number of nitrogens with one attached hydrogen (secondary N) is 1. The Morgan fingerprint density at radius 2 is 1.92 bits per heavy atom. The number of aliphatic hydroxyl groups is 1. The van der Waals surface area contributed by atoms with Crippen LogP contribution in [0.15, 0.2) is 11.5 Å². The van der Waals surface area contributed by atoms with Gasteiger partial charge in [0.25, 0.3) is 5.91 Å². The molecule has 0 bridgehead atoms. The van der Waals surface area contributed by atoms with E-state index >= 15 is 0 Å². The third-order valence-corrected chi connectivity index (χ3v) is 1.02. The van der Waals surface area contributed by atoms with E-state index in [9.17, 15) is 4.79 Å². The van der Waals surface area contributed by atoms with Gasteiger partial charge >= 0.3 is 0 Å². The highest BCUT2D eigenvalue weighted by Crippen LogP contribution is 1.87. The van der Waals surface area contributed by atoms with Crippen molar-refractivity contribution in [2.45, 2.75) is 6.23 Å². The molecule has 0 heterocycles. The Kier molecular flexibility index (Phi) is 3.88. The van der Waals surface area contributed by atoms with E-state index in [1.807, 2.05) is 0 Å². The summed E-state index contributed by atoms with van der Waals surface area (Å²) in [7, 11) is 0. The second-order valence-electron chi connectivity index (χ2n) is 2.14. The molecule has 1 unspecified atom stereocenters. The topological polar surface area (TPSA) is 153 Å². The minimum absolute atomic E-state index is 0.0455. The predicted octanol–water partition coefficient (Wildman–Crippen LogP) is -3.58. The Bertz CT molecular complexity index is 196. The van der Waals surface area contributed by atoms with Crippen molar-refractivity contribution in [3.8, 4) is 0 Å². The minimum Gasteiger partial charge on any atom is -0.384 e. The molecule has 12 heavy (non-hydrogen) atoms. The van der Waals surface area contributed by atoms with Gasteiger partial charge in [-0.15, -0.1) is 0 Å². The summed E-state index contributed by atoms with van der Waals surface area (Å²) in [5.41, 5.74) is 19.9. The predicted molar refractivity (Wildman–Crippen MR) is 42.8 cm³/mol. The lowest BCUT2D eigenvalue weighted by molar-refractivity contribution is -0.115. The highest BCUT2D eigenvalue weighted by Gasteiger charge is 2.08. The lowest BCUT2D eigenvalue weighted by Gasteiger charge is -2.10. The number of carbonyl (C=O) groups excluding carboxylic acids is 1. The summed E-state index contributed by atoms with van der Waals surface area (Å²) in [6.45, 7) is -0.0455. The summed E-state index contributed by atoms with van der Waals surface area (Å²) in [6.07, 6.45) is -1.10. The van der Waals surface area contributed by atoms with Crippen molar-refractivity contribution in [1.29, 1.82) is 0 Å². The molecular formula is C5H13N5O2. The molecule has 0 aromatic carbocycles. The fourth-order valence-electron chi connectivity index (χ4n) is 0.538. The van der Waals surface area contributed by atoms with Crippen molar-refractivity contribution in [1.82, 2.24) is 5.32 Å². The highest BCUT2D eigenvalue weighted by molar-refractivity contribution is 5.91. The van der Waals surface area contributed by atoms with Crippen LogP contribution in [0.2, 0.25) is 0 Å². The standard InChI is InChI=1S/C5H13N5O2/c6-2(11)1-10-3(4(7)8)5(9)12/h2,10-11H,1,6-8H2,(H2,9,12). The van der Waals surface area contributed by atoms with Crippen LogP contribution in [-0.4, -0.2) is 23.8 Å². The van der Waals surface area contributed by atoms with Gasteiger partial charge in [0, 0.05) is 0 Å². The molecule has 0 aromatic heterocycles. The first-order chi connectivity index (χ1) is 5.45. The molecule has 70 valence electrons. The molecule has 7 nitrogen and oxygen atoms in total. The maximum atomic E-state index is 10.6. The maximum absolute atomic E-state index is 10.6. The monoisotopic (exact) mass is 175 g/mol. The molecule has 0 radical (unpaired) electrons. The molecule has 1 amide bonds. The SMILES string of the molecule is NC(=O)C(NCC(N)O)=C(N)N. The van der Waals surface area contributed by atoms with Gasteiger partial charge in [0.1, 0.15) is 17.7 Å². The Balaban J connectivity index is 4.18. The number of primary amides is 1. The van der Waals surface area contributed by atoms with Crippen LogP contribution in [0.3, 0.4) is 0 Å². The van der Waals surface area contributed by atoms with Crippen molar-refractivity contribution in [2.24, 2.45) is 22.9 Å². The second kappa shape index (κ2) is 4.42. The average molecular weight is 175 g/mol. The summed E-state index contributed by atoms with van der Waals surface area (Å²) >= 11 is 0. The van der Waals surface area contributed by atoms with Crippen LogP contribution < -0.4 is 28.3 Å². The van der Waals surface area contributed by atoms with Gasteiger partial charge in [-0.3, -0.25) is 4.79 Å². The third-order valence-electron chi connectivity index (χ3n) is 1.02. The van der Waals surface area contributed by atoms with Crippen molar-refractivity contribution >= 4 is 5.91 Å². The van der Waals surface area contributed by atoms with Crippen LogP contribution in [0.1, 0.15) is 0 Å². The number of rotatable bonds is 4. The Morgan fingerprint density at radius 1 is 1.42 bits per heavy atom. The number of aliphatic hydroxyl groups excluding tert-OH is 1. The van der Waals surface area contributed by atoms with Gasteiger partial charge in [-0.25, -0.2) is 0 Å². The summed E-state index contributed by atoms with van der Waals surface area (Å²) in [5.74, 6) is -1.03. The molecule has 10 N–H and O–H groups in total. The molecule has 7 heteroatoms. The first kappa shape index (κ1) is 10.5. The van der Waals surface area contributed by atoms with E-state index in [1.165, 1.54) is 0 Å². The first-order valence-corrected chi connectivity index (χ1v) is 3.17. The molecule has 0 rings (SSSR count). The zero-order chi connectivity index (χ0) is 9.72. The minimum atomic E-state index is -1.10. The van der Waals surface area contributed by atoms with Crippen molar-refractivity contribution in [3.63, 3.8) is 0 Å². The lowest BCUT2D eigenvalue weighted by atomic mass is 10.4. The van der Waals surface area contributed by atoms with E-state index < -0.39 is 12.1 Å². The van der Waals surface area contributed by atoms with Gasteiger partial charge < -0.3 is 33.4 Å².